The predicted octanol–water partition coefficient (Wildman–Crippen LogP) is 5.80. The zero-order valence-electron chi connectivity index (χ0n) is 18.0. The van der Waals surface area contributed by atoms with Gasteiger partial charge >= 0.3 is 5.97 Å². The fourth-order valence-electron chi connectivity index (χ4n) is 4.61. The quantitative estimate of drug-likeness (QED) is 0.440. The van der Waals surface area contributed by atoms with Crippen molar-refractivity contribution in [1.29, 1.82) is 0 Å². The van der Waals surface area contributed by atoms with Crippen LogP contribution in [-0.4, -0.2) is 29.4 Å². The van der Waals surface area contributed by atoms with E-state index in [1.807, 2.05) is 48.5 Å². The van der Waals surface area contributed by atoms with Gasteiger partial charge in [0.1, 0.15) is 36.0 Å². The first-order valence-electron chi connectivity index (χ1n) is 11.1. The Balaban J connectivity index is 1.49. The van der Waals surface area contributed by atoms with Crippen molar-refractivity contribution < 1.29 is 24.5 Å². The van der Waals surface area contributed by atoms with Crippen LogP contribution in [0.4, 0.5) is 0 Å². The van der Waals surface area contributed by atoms with Crippen LogP contribution in [0.3, 0.4) is 0 Å². The third-order valence-corrected chi connectivity index (χ3v) is 6.26. The van der Waals surface area contributed by atoms with Crippen LogP contribution >= 0.6 is 0 Å². The SMILES string of the molecule is O=C(O)c1cc(C2(c3ccc(OCCOc4ccccc4)cc3)CCCCC2)ccc1O. The van der Waals surface area contributed by atoms with Crippen molar-refractivity contribution in [3.05, 3.63) is 89.5 Å². The second-order valence-corrected chi connectivity index (χ2v) is 8.21. The lowest BCUT2D eigenvalue weighted by molar-refractivity contribution is 0.0693. The maximum absolute atomic E-state index is 11.6. The smallest absolute Gasteiger partial charge is 0.339 e. The number of para-hydroxylation sites is 1. The molecule has 166 valence electrons. The van der Waals surface area contributed by atoms with Crippen molar-refractivity contribution in [3.8, 4) is 17.2 Å². The Morgan fingerprint density at radius 3 is 2.00 bits per heavy atom. The van der Waals surface area contributed by atoms with Gasteiger partial charge in [0.2, 0.25) is 0 Å². The predicted molar refractivity (Wildman–Crippen MR) is 123 cm³/mol. The molecule has 0 aliphatic heterocycles. The first-order valence-corrected chi connectivity index (χ1v) is 11.1. The Labute approximate surface area is 188 Å². The van der Waals surface area contributed by atoms with Crippen LogP contribution in [0.5, 0.6) is 17.2 Å². The Morgan fingerprint density at radius 1 is 0.781 bits per heavy atom. The summed E-state index contributed by atoms with van der Waals surface area (Å²) in [6.07, 6.45) is 5.23. The van der Waals surface area contributed by atoms with Crippen LogP contribution in [0.25, 0.3) is 0 Å². The number of carbonyl (C=O) groups is 1. The molecule has 1 saturated carbocycles. The Morgan fingerprint density at radius 2 is 1.38 bits per heavy atom. The number of carboxylic acids is 1. The van der Waals surface area contributed by atoms with E-state index < -0.39 is 5.97 Å². The minimum Gasteiger partial charge on any atom is -0.507 e. The molecule has 0 amide bonds. The zero-order chi connectivity index (χ0) is 22.4. The van der Waals surface area contributed by atoms with Crippen molar-refractivity contribution in [2.75, 3.05) is 13.2 Å². The van der Waals surface area contributed by atoms with Crippen LogP contribution in [0.15, 0.2) is 72.8 Å². The zero-order valence-corrected chi connectivity index (χ0v) is 18.0. The molecule has 4 rings (SSSR count). The van der Waals surface area contributed by atoms with Crippen molar-refractivity contribution in [3.63, 3.8) is 0 Å². The number of aromatic hydroxyl groups is 1. The normalized spacial score (nSPS) is 15.1. The van der Waals surface area contributed by atoms with E-state index in [9.17, 15) is 15.0 Å². The number of rotatable bonds is 8. The van der Waals surface area contributed by atoms with Gasteiger partial charge in [-0.25, -0.2) is 4.79 Å². The van der Waals surface area contributed by atoms with Gasteiger partial charge in [-0.3, -0.25) is 0 Å². The maximum Gasteiger partial charge on any atom is 0.339 e. The highest BCUT2D eigenvalue weighted by atomic mass is 16.5. The molecular formula is C27H28O5. The molecule has 3 aromatic carbocycles. The van der Waals surface area contributed by atoms with Crippen LogP contribution in [0.2, 0.25) is 0 Å². The number of hydrogen-bond acceptors (Lipinski definition) is 4. The van der Waals surface area contributed by atoms with Crippen molar-refractivity contribution in [2.45, 2.75) is 37.5 Å². The van der Waals surface area contributed by atoms with E-state index >= 15 is 0 Å². The highest BCUT2D eigenvalue weighted by Gasteiger charge is 2.36. The van der Waals surface area contributed by atoms with E-state index in [1.54, 1.807) is 6.07 Å². The van der Waals surface area contributed by atoms with Crippen molar-refractivity contribution in [2.24, 2.45) is 0 Å². The number of phenols is 1. The molecule has 3 aromatic rings. The molecule has 0 atom stereocenters. The lowest BCUT2D eigenvalue weighted by Crippen LogP contribution is -2.30. The first kappa shape index (κ1) is 21.8. The highest BCUT2D eigenvalue weighted by molar-refractivity contribution is 5.91. The Bertz CT molecular complexity index is 1040. The monoisotopic (exact) mass is 432 g/mol. The molecule has 0 aromatic heterocycles. The number of aromatic carboxylic acids is 1. The van der Waals surface area contributed by atoms with Gasteiger partial charge in [0.25, 0.3) is 0 Å². The summed E-state index contributed by atoms with van der Waals surface area (Å²) in [6.45, 7) is 0.903. The van der Waals surface area contributed by atoms with Gasteiger partial charge in [-0.15, -0.1) is 0 Å². The van der Waals surface area contributed by atoms with Gasteiger partial charge in [-0.05, 0) is 60.4 Å². The molecule has 0 unspecified atom stereocenters. The largest absolute Gasteiger partial charge is 0.507 e. The van der Waals surface area contributed by atoms with Gasteiger partial charge in [0.15, 0.2) is 0 Å². The van der Waals surface area contributed by atoms with Gasteiger partial charge in [-0.2, -0.15) is 0 Å². The maximum atomic E-state index is 11.6. The average molecular weight is 433 g/mol. The number of ether oxygens (including phenoxy) is 2. The molecule has 1 fully saturated rings. The molecule has 0 heterocycles. The summed E-state index contributed by atoms with van der Waals surface area (Å²) in [5.41, 5.74) is 1.78. The number of carboxylic acid groups (broad SMARTS) is 1. The van der Waals surface area contributed by atoms with Crippen molar-refractivity contribution >= 4 is 5.97 Å². The van der Waals surface area contributed by atoms with Gasteiger partial charge < -0.3 is 19.7 Å². The summed E-state index contributed by atoms with van der Waals surface area (Å²) >= 11 is 0. The summed E-state index contributed by atoms with van der Waals surface area (Å²) in [5, 5.41) is 19.4. The molecular weight excluding hydrogens is 404 g/mol. The van der Waals surface area contributed by atoms with Crippen LogP contribution in [0.1, 0.15) is 53.6 Å². The molecule has 1 aliphatic carbocycles. The molecule has 32 heavy (non-hydrogen) atoms. The summed E-state index contributed by atoms with van der Waals surface area (Å²) in [7, 11) is 0. The van der Waals surface area contributed by atoms with Gasteiger partial charge in [-0.1, -0.05) is 55.7 Å². The highest BCUT2D eigenvalue weighted by Crippen LogP contribution is 2.46. The molecule has 0 saturated heterocycles. The molecule has 0 radical (unpaired) electrons. The third-order valence-electron chi connectivity index (χ3n) is 6.26. The topological polar surface area (TPSA) is 76.0 Å². The minimum absolute atomic E-state index is 0.0502. The van der Waals surface area contributed by atoms with Crippen LogP contribution in [0, 0.1) is 0 Å². The first-order chi connectivity index (χ1) is 15.6. The number of benzene rings is 3. The molecule has 0 spiro atoms. The van der Waals surface area contributed by atoms with E-state index in [4.69, 9.17) is 9.47 Å². The Hall–Kier alpha value is -3.47. The second-order valence-electron chi connectivity index (χ2n) is 8.21. The van der Waals surface area contributed by atoms with Crippen LogP contribution in [-0.2, 0) is 5.41 Å². The van der Waals surface area contributed by atoms with Crippen molar-refractivity contribution in [1.82, 2.24) is 0 Å². The minimum atomic E-state index is -1.11. The molecule has 5 heteroatoms. The third kappa shape index (κ3) is 4.72. The van der Waals surface area contributed by atoms with Crippen LogP contribution < -0.4 is 9.47 Å². The van der Waals surface area contributed by atoms with E-state index in [0.29, 0.717) is 13.2 Å². The standard InChI is InChI=1S/C27H28O5/c28-25-14-11-21(19-24(25)26(29)30)27(15-5-2-6-16-27)20-9-12-23(13-10-20)32-18-17-31-22-7-3-1-4-8-22/h1,3-4,7-14,19,28H,2,5-6,15-18H2,(H,29,30). The van der Waals surface area contributed by atoms with Gasteiger partial charge in [0, 0.05) is 5.41 Å². The molecule has 0 bridgehead atoms. The summed E-state index contributed by atoms with van der Waals surface area (Å²) in [5.74, 6) is 0.277. The van der Waals surface area contributed by atoms with Gasteiger partial charge in [0.05, 0.1) is 0 Å². The molecule has 2 N–H and O–H groups in total. The fourth-order valence-corrected chi connectivity index (χ4v) is 4.61. The summed E-state index contributed by atoms with van der Waals surface area (Å²) in [6, 6.07) is 22.7. The number of hydrogen-bond donors (Lipinski definition) is 2. The fraction of sp³-hybridized carbons (Fsp3) is 0.296. The summed E-state index contributed by atoms with van der Waals surface area (Å²) in [4.78, 5) is 11.6. The van der Waals surface area contributed by atoms with E-state index in [1.165, 1.54) is 12.5 Å². The summed E-state index contributed by atoms with van der Waals surface area (Å²) < 4.78 is 11.5. The Kier molecular flexibility index (Phi) is 6.64. The lowest BCUT2D eigenvalue weighted by atomic mass is 9.65. The second kappa shape index (κ2) is 9.77. The van der Waals surface area contributed by atoms with E-state index in [-0.39, 0.29) is 16.7 Å². The average Bonchev–Trinajstić information content (AvgIpc) is 2.83. The molecule has 1 aliphatic rings. The van der Waals surface area contributed by atoms with E-state index in [0.717, 1.165) is 48.3 Å². The molecule has 5 nitrogen and oxygen atoms in total. The van der Waals surface area contributed by atoms with E-state index in [2.05, 4.69) is 12.1 Å². The lowest BCUT2D eigenvalue weighted by Gasteiger charge is -2.39.